The van der Waals surface area contributed by atoms with E-state index in [4.69, 9.17) is 23.6 Å². The summed E-state index contributed by atoms with van der Waals surface area (Å²) in [6.07, 6.45) is 6.09. The van der Waals surface area contributed by atoms with Crippen LogP contribution in [0, 0.1) is 20.2 Å². The summed E-state index contributed by atoms with van der Waals surface area (Å²) in [6.45, 7) is 15.0. The Balaban J connectivity index is 0. The Labute approximate surface area is 295 Å². The Bertz CT molecular complexity index is 1370. The number of hydrogen-bond donors (Lipinski definition) is 2. The first-order valence-corrected chi connectivity index (χ1v) is 21.2. The predicted molar refractivity (Wildman–Crippen MR) is 197 cm³/mol. The number of halogens is 2. The van der Waals surface area contributed by atoms with Crippen molar-refractivity contribution in [2.45, 2.75) is 13.1 Å². The molecule has 0 aliphatic rings. The zero-order valence-corrected chi connectivity index (χ0v) is 31.4. The van der Waals surface area contributed by atoms with Crippen LogP contribution in [0.15, 0.2) is 111 Å². The molecule has 0 saturated heterocycles. The second-order valence-corrected chi connectivity index (χ2v) is 13.8. The summed E-state index contributed by atoms with van der Waals surface area (Å²) in [7, 11) is 15.8. The van der Waals surface area contributed by atoms with E-state index in [1.54, 1.807) is 18.2 Å². The molecular weight excluding hydrogens is 750 g/mol. The number of carbonyl (C=O) groups is 1. The van der Waals surface area contributed by atoms with E-state index in [9.17, 15) is 25.0 Å². The zero-order chi connectivity index (χ0) is 36.0. The van der Waals surface area contributed by atoms with Crippen molar-refractivity contribution in [3.8, 4) is 0 Å². The number of hydrogen-bond acceptors (Lipinski definition) is 9. The van der Waals surface area contributed by atoms with Crippen molar-refractivity contribution in [2.75, 3.05) is 46.5 Å². The predicted octanol–water partition coefficient (Wildman–Crippen LogP) is 6.90. The van der Waals surface area contributed by atoms with Gasteiger partial charge in [0.1, 0.15) is 6.29 Å². The van der Waals surface area contributed by atoms with Gasteiger partial charge in [-0.1, -0.05) is 54.6 Å². The van der Waals surface area contributed by atoms with E-state index in [0.717, 1.165) is 37.4 Å². The first kappa shape index (κ1) is 45.5. The Morgan fingerprint density at radius 2 is 1.26 bits per heavy atom. The topological polar surface area (TPSA) is 148 Å². The Morgan fingerprint density at radius 1 is 0.809 bits per heavy atom. The molecule has 3 rings (SSSR count). The molecule has 0 aromatic heterocycles. The molecule has 0 fully saturated rings. The molecule has 3 N–H and O–H groups in total. The van der Waals surface area contributed by atoms with Crippen molar-refractivity contribution in [3.05, 3.63) is 148 Å². The van der Waals surface area contributed by atoms with Gasteiger partial charge >= 0.3 is 36.7 Å². The number of aldehydes is 1. The third kappa shape index (κ3) is 25.2. The van der Waals surface area contributed by atoms with Crippen molar-refractivity contribution in [1.29, 1.82) is 0 Å². The summed E-state index contributed by atoms with van der Waals surface area (Å²) < 4.78 is 0. The van der Waals surface area contributed by atoms with Crippen molar-refractivity contribution in [1.82, 2.24) is 15.1 Å². The van der Waals surface area contributed by atoms with E-state index in [1.807, 2.05) is 55.4 Å². The van der Waals surface area contributed by atoms with Gasteiger partial charge in [-0.25, -0.2) is 0 Å². The number of nitrogens with one attached hydrogen (secondary N) is 1. The summed E-state index contributed by atoms with van der Waals surface area (Å²) >= 11 is -0.826. The number of nitro groups is 2. The molecule has 47 heavy (non-hydrogen) atoms. The summed E-state index contributed by atoms with van der Waals surface area (Å²) in [4.78, 5) is 34.2. The summed E-state index contributed by atoms with van der Waals surface area (Å²) in [5, 5.41) is 23.6. The average Bonchev–Trinajstić information content (AvgIpc) is 3.03. The number of nitrogen functional groups attached to an aromatic ring is 1. The van der Waals surface area contributed by atoms with Gasteiger partial charge in [-0.05, 0) is 44.4 Å². The van der Waals surface area contributed by atoms with Crippen LogP contribution >= 0.6 is 17.8 Å². The number of rotatable bonds is 13. The Hall–Kier alpha value is -3.59. The van der Waals surface area contributed by atoms with Crippen molar-refractivity contribution in [3.63, 3.8) is 0 Å². The number of likely N-dealkylation sites (N-methyl/N-ethyl adjacent to an activating group) is 3. The van der Waals surface area contributed by atoms with Gasteiger partial charge < -0.3 is 11.1 Å². The van der Waals surface area contributed by atoms with Gasteiger partial charge in [0.15, 0.2) is 0 Å². The molecule has 0 saturated carbocycles. The average molecular weight is 794 g/mol. The van der Waals surface area contributed by atoms with Crippen LogP contribution in [0.1, 0.15) is 21.5 Å². The van der Waals surface area contributed by atoms with Crippen LogP contribution in [0.3, 0.4) is 0 Å². The van der Waals surface area contributed by atoms with E-state index >= 15 is 0 Å². The second-order valence-electron chi connectivity index (χ2n) is 9.53. The van der Waals surface area contributed by atoms with E-state index < -0.39 is 23.8 Å². The maximum absolute atomic E-state index is 10.5. The van der Waals surface area contributed by atoms with Crippen LogP contribution in [-0.4, -0.2) is 85.6 Å². The third-order valence-corrected chi connectivity index (χ3v) is 5.42. The number of nitrogens with two attached hydrogens (primary N) is 1. The molecule has 3 aromatic carbocycles. The van der Waals surface area contributed by atoms with Crippen LogP contribution in [-0.2, 0) is 13.1 Å². The Kier molecular flexibility index (Phi) is 28.9. The number of nitrogens with zero attached hydrogens (tertiary/aromatic N) is 4. The summed E-state index contributed by atoms with van der Waals surface area (Å²) in [6, 6.07) is 20.2. The fourth-order valence-electron chi connectivity index (χ4n) is 3.51. The maximum atomic E-state index is 10.5. The second kappa shape index (κ2) is 29.8. The molecule has 0 aliphatic heterocycles. The molecule has 254 valence electrons. The van der Waals surface area contributed by atoms with Crippen molar-refractivity contribution >= 4 is 60.1 Å². The SMILES string of the molecule is C=CCN(C)Cc1cccc(N)c1.C=CCN(C)Cc1cccc([N+](=O)[O-])c1.C=CCNC.O=Cc1cccc([N+](=O)[O-])c1.[Cl][Sn][Cl]. The molecule has 0 bridgehead atoms. The fourth-order valence-corrected chi connectivity index (χ4v) is 3.51. The first-order valence-electron chi connectivity index (χ1n) is 14.0. The molecule has 14 heteroatoms. The van der Waals surface area contributed by atoms with Crippen LogP contribution in [0.5, 0.6) is 0 Å². The molecule has 0 atom stereocenters. The molecular formula is C33H44Cl2N6O5Sn. The van der Waals surface area contributed by atoms with Gasteiger partial charge in [0.05, 0.1) is 9.85 Å². The number of carbonyl (C=O) groups excluding carboxylic acids is 1. The number of benzene rings is 3. The molecule has 0 aliphatic carbocycles. The fraction of sp³-hybridized carbons (Fsp3) is 0.242. The van der Waals surface area contributed by atoms with E-state index in [-0.39, 0.29) is 16.3 Å². The standard InChI is InChI=1S/C11H14N2O2.C11H16N2.C7H5NO3.C4H9N.2ClH.Sn/c1-3-7-12(2)9-10-5-4-6-11(8-10)13(14)15;1-3-7-13(2)9-10-5-4-6-11(12)8-10;9-5-6-2-1-3-7(4-6)8(10)11;1-3-4-5-2;;;/h3-6,8H,1,7,9H2,2H3;3-6,8H,1,7,9,12H2,2H3;1-5H;3,5H,1,4H2,2H3;2*1H;/q;;;;;;+2/p-2. The minimum absolute atomic E-state index is 0.0606. The normalized spacial score (nSPS) is 9.43. The van der Waals surface area contributed by atoms with Gasteiger partial charge in [0.2, 0.25) is 0 Å². The minimum atomic E-state index is -0.826. The van der Waals surface area contributed by atoms with Crippen LogP contribution in [0.25, 0.3) is 0 Å². The van der Waals surface area contributed by atoms with E-state index in [0.29, 0.717) is 18.4 Å². The van der Waals surface area contributed by atoms with Gasteiger partial charge in [-0.15, -0.1) is 19.7 Å². The van der Waals surface area contributed by atoms with Gasteiger partial charge in [-0.2, -0.15) is 0 Å². The van der Waals surface area contributed by atoms with E-state index in [2.05, 4.69) is 43.1 Å². The van der Waals surface area contributed by atoms with Crippen LogP contribution in [0.2, 0.25) is 0 Å². The van der Waals surface area contributed by atoms with Gasteiger partial charge in [-0.3, -0.25) is 34.8 Å². The van der Waals surface area contributed by atoms with Gasteiger partial charge in [0.25, 0.3) is 11.4 Å². The third-order valence-electron chi connectivity index (χ3n) is 5.42. The van der Waals surface area contributed by atoms with Crippen molar-refractivity contribution < 1.29 is 14.6 Å². The van der Waals surface area contributed by atoms with E-state index in [1.165, 1.54) is 35.9 Å². The quantitative estimate of drug-likeness (QED) is 0.0471. The molecule has 0 amide bonds. The molecule has 3 aromatic rings. The van der Waals surface area contributed by atoms with Crippen LogP contribution < -0.4 is 11.1 Å². The zero-order valence-electron chi connectivity index (χ0n) is 27.1. The molecule has 2 radical (unpaired) electrons. The molecule has 11 nitrogen and oxygen atoms in total. The number of nitro benzene ring substituents is 2. The molecule has 0 heterocycles. The van der Waals surface area contributed by atoms with Gasteiger partial charge in [0, 0.05) is 68.2 Å². The van der Waals surface area contributed by atoms with Crippen molar-refractivity contribution in [2.24, 2.45) is 0 Å². The number of anilines is 1. The molecule has 0 spiro atoms. The summed E-state index contributed by atoms with van der Waals surface area (Å²) in [5.41, 5.74) is 9.07. The van der Waals surface area contributed by atoms with Crippen LogP contribution in [0.4, 0.5) is 17.1 Å². The molecule has 0 unspecified atom stereocenters. The number of non-ortho nitro benzene ring substituents is 2. The monoisotopic (exact) mass is 794 g/mol. The Morgan fingerprint density at radius 3 is 1.64 bits per heavy atom. The summed E-state index contributed by atoms with van der Waals surface area (Å²) in [5.74, 6) is 0. The first-order chi connectivity index (χ1) is 22.4.